The fourth-order valence-electron chi connectivity index (χ4n) is 3.45. The van der Waals surface area contributed by atoms with Crippen LogP contribution in [-0.2, 0) is 14.3 Å². The number of aliphatic hydroxyl groups is 1. The van der Waals surface area contributed by atoms with Gasteiger partial charge in [-0.1, -0.05) is 11.8 Å². The zero-order valence-corrected chi connectivity index (χ0v) is 21.2. The van der Waals surface area contributed by atoms with Gasteiger partial charge in [0.15, 0.2) is 0 Å². The smallest absolute Gasteiger partial charge is 0.408 e. The van der Waals surface area contributed by atoms with Gasteiger partial charge in [-0.2, -0.15) is 0 Å². The number of aliphatic hydroxyl groups excluding tert-OH is 1. The third kappa shape index (κ3) is 8.66. The molecule has 1 saturated carbocycles. The molecule has 3 N–H and O–H groups in total. The number of hydrogen-bond donors (Lipinski definition) is 3. The number of nitrogens with one attached hydrogen (secondary N) is 2. The predicted octanol–water partition coefficient (Wildman–Crippen LogP) is 2.63. The maximum absolute atomic E-state index is 12.8. The van der Waals surface area contributed by atoms with E-state index in [1.54, 1.807) is 58.9 Å². The van der Waals surface area contributed by atoms with Gasteiger partial charge in [-0.15, -0.1) is 0 Å². The van der Waals surface area contributed by atoms with Gasteiger partial charge in [0.25, 0.3) is 5.91 Å². The number of carbonyl (C=O) groups is 3. The molecular formula is C27H34N2O6. The molecular weight excluding hydrogens is 448 g/mol. The maximum Gasteiger partial charge on any atom is 0.408 e. The fourth-order valence-corrected chi connectivity index (χ4v) is 3.45. The zero-order valence-electron chi connectivity index (χ0n) is 21.2. The molecule has 1 aliphatic rings. The van der Waals surface area contributed by atoms with Gasteiger partial charge in [0.1, 0.15) is 11.6 Å². The van der Waals surface area contributed by atoms with Gasteiger partial charge in [0.2, 0.25) is 0 Å². The first-order chi connectivity index (χ1) is 16.3. The van der Waals surface area contributed by atoms with Crippen LogP contribution in [0.2, 0.25) is 0 Å². The largest absolute Gasteiger partial charge is 0.467 e. The van der Waals surface area contributed by atoms with Gasteiger partial charge in [-0.05, 0) is 89.5 Å². The Morgan fingerprint density at radius 2 is 1.71 bits per heavy atom. The van der Waals surface area contributed by atoms with Gasteiger partial charge < -0.3 is 25.2 Å². The first kappa shape index (κ1) is 27.8. The molecule has 1 aromatic carbocycles. The minimum absolute atomic E-state index is 0.210. The van der Waals surface area contributed by atoms with Crippen molar-refractivity contribution in [3.05, 3.63) is 35.4 Å². The van der Waals surface area contributed by atoms with Crippen molar-refractivity contribution in [2.24, 2.45) is 11.8 Å². The Bertz CT molecular complexity index is 1040. The summed E-state index contributed by atoms with van der Waals surface area (Å²) < 4.78 is 10.1. The lowest BCUT2D eigenvalue weighted by Crippen LogP contribution is -2.62. The number of benzene rings is 1. The molecule has 2 rings (SSSR count). The Morgan fingerprint density at radius 3 is 2.26 bits per heavy atom. The molecule has 1 aromatic rings. The molecule has 2 amide bonds. The van der Waals surface area contributed by atoms with Crippen LogP contribution >= 0.6 is 0 Å². The number of hydrogen-bond acceptors (Lipinski definition) is 6. The molecule has 0 bridgehead atoms. The van der Waals surface area contributed by atoms with Gasteiger partial charge in [0, 0.05) is 23.7 Å². The summed E-state index contributed by atoms with van der Waals surface area (Å²) in [5.41, 5.74) is -0.921. The number of rotatable bonds is 6. The minimum atomic E-state index is -1.20. The van der Waals surface area contributed by atoms with Crippen molar-refractivity contribution < 1.29 is 29.0 Å². The van der Waals surface area contributed by atoms with Crippen molar-refractivity contribution in [3.63, 3.8) is 0 Å². The summed E-state index contributed by atoms with van der Waals surface area (Å²) >= 11 is 0. The molecule has 1 fully saturated rings. The second-order valence-electron chi connectivity index (χ2n) is 10.1. The Morgan fingerprint density at radius 1 is 1.09 bits per heavy atom. The van der Waals surface area contributed by atoms with E-state index in [9.17, 15) is 14.4 Å². The second-order valence-corrected chi connectivity index (χ2v) is 10.1. The highest BCUT2D eigenvalue weighted by atomic mass is 16.6. The van der Waals surface area contributed by atoms with E-state index in [2.05, 4.69) is 34.3 Å². The summed E-state index contributed by atoms with van der Waals surface area (Å²) in [6.07, 6.45) is 1.10. The third-order valence-corrected chi connectivity index (χ3v) is 5.44. The summed E-state index contributed by atoms with van der Waals surface area (Å²) in [6, 6.07) is 5.39. The van der Waals surface area contributed by atoms with Crippen LogP contribution in [0.1, 0.15) is 63.4 Å². The number of amides is 2. The maximum atomic E-state index is 12.8. The first-order valence-electron chi connectivity index (χ1n) is 11.5. The summed E-state index contributed by atoms with van der Waals surface area (Å²) in [7, 11) is 1.21. The van der Waals surface area contributed by atoms with Gasteiger partial charge in [0.05, 0.1) is 12.6 Å². The van der Waals surface area contributed by atoms with E-state index in [1.807, 2.05) is 0 Å². The highest BCUT2D eigenvalue weighted by Gasteiger charge is 2.40. The van der Waals surface area contributed by atoms with Crippen molar-refractivity contribution in [3.8, 4) is 23.7 Å². The molecule has 0 spiro atoms. The van der Waals surface area contributed by atoms with Gasteiger partial charge in [-0.25, -0.2) is 9.59 Å². The van der Waals surface area contributed by atoms with Crippen LogP contribution in [0.15, 0.2) is 24.3 Å². The molecule has 1 atom stereocenters. The number of ether oxygens (including phenoxy) is 2. The predicted molar refractivity (Wildman–Crippen MR) is 131 cm³/mol. The summed E-state index contributed by atoms with van der Waals surface area (Å²) in [5, 5.41) is 14.3. The quantitative estimate of drug-likeness (QED) is 0.424. The van der Waals surface area contributed by atoms with E-state index in [0.717, 1.165) is 12.8 Å². The van der Waals surface area contributed by atoms with Crippen molar-refractivity contribution in [1.82, 2.24) is 10.6 Å². The van der Waals surface area contributed by atoms with E-state index in [1.165, 1.54) is 7.11 Å². The molecule has 0 heterocycles. The van der Waals surface area contributed by atoms with Crippen molar-refractivity contribution in [2.75, 3.05) is 13.7 Å². The molecule has 8 heteroatoms. The molecule has 35 heavy (non-hydrogen) atoms. The summed E-state index contributed by atoms with van der Waals surface area (Å²) in [6.45, 7) is 8.56. The highest BCUT2D eigenvalue weighted by molar-refractivity contribution is 5.97. The Kier molecular flexibility index (Phi) is 9.33. The van der Waals surface area contributed by atoms with Crippen molar-refractivity contribution in [1.29, 1.82) is 0 Å². The molecule has 1 aliphatic carbocycles. The zero-order chi connectivity index (χ0) is 26.2. The number of carbonyl (C=O) groups excluding carboxylic acids is 3. The van der Waals surface area contributed by atoms with Gasteiger partial charge >= 0.3 is 12.1 Å². The minimum Gasteiger partial charge on any atom is -0.467 e. The monoisotopic (exact) mass is 482 g/mol. The van der Waals surface area contributed by atoms with Crippen LogP contribution < -0.4 is 10.6 Å². The SMILES string of the molecule is COC(=O)[C@@H](NC(=O)c1ccc(C#CC#C[C@H]2C[C@@H](CO)C2)cc1)C(C)(C)NC(=O)OC(C)(C)C. The van der Waals surface area contributed by atoms with Crippen LogP contribution in [0.25, 0.3) is 0 Å². The summed E-state index contributed by atoms with van der Waals surface area (Å²) in [4.78, 5) is 37.5. The highest BCUT2D eigenvalue weighted by Crippen LogP contribution is 2.32. The molecule has 188 valence electrons. The van der Waals surface area contributed by atoms with Crippen LogP contribution in [0, 0.1) is 35.5 Å². The van der Waals surface area contributed by atoms with Crippen LogP contribution in [0.3, 0.4) is 0 Å². The van der Waals surface area contributed by atoms with E-state index >= 15 is 0 Å². The second kappa shape index (κ2) is 11.8. The van der Waals surface area contributed by atoms with Crippen LogP contribution in [0.4, 0.5) is 4.79 Å². The lowest BCUT2D eigenvalue weighted by Gasteiger charge is -2.34. The van der Waals surface area contributed by atoms with Gasteiger partial charge in [-0.3, -0.25) is 4.79 Å². The van der Waals surface area contributed by atoms with Crippen molar-refractivity contribution in [2.45, 2.75) is 64.6 Å². The molecule has 0 unspecified atom stereocenters. The molecule has 0 aromatic heterocycles. The van der Waals surface area contributed by atoms with E-state index in [0.29, 0.717) is 23.0 Å². The Hall–Kier alpha value is -3.49. The average molecular weight is 483 g/mol. The number of alkyl carbamates (subject to hydrolysis) is 1. The lowest BCUT2D eigenvalue weighted by atomic mass is 9.76. The van der Waals surface area contributed by atoms with Crippen LogP contribution in [-0.4, -0.2) is 54.0 Å². The lowest BCUT2D eigenvalue weighted by molar-refractivity contribution is -0.144. The Balaban J connectivity index is 2.04. The number of esters is 1. The van der Waals surface area contributed by atoms with E-state index in [4.69, 9.17) is 14.6 Å². The van der Waals surface area contributed by atoms with Crippen LogP contribution in [0.5, 0.6) is 0 Å². The standard InChI is InChI=1S/C27H34N2O6/c1-26(2,3)35-25(33)29-27(4,5)22(24(32)34-6)28-23(31)21-13-11-18(12-14-21)9-7-8-10-19-15-20(16-19)17-30/h11-14,19-20,22,30H,15-17H2,1-6H3,(H,28,31)(H,29,33)/t19-,20+,22-/m1/s1. The average Bonchev–Trinajstić information content (AvgIpc) is 2.73. The van der Waals surface area contributed by atoms with Crippen molar-refractivity contribution >= 4 is 18.0 Å². The topological polar surface area (TPSA) is 114 Å². The first-order valence-corrected chi connectivity index (χ1v) is 11.5. The Labute approximate surface area is 207 Å². The molecule has 0 radical (unpaired) electrons. The summed E-state index contributed by atoms with van der Waals surface area (Å²) in [5.74, 6) is 11.1. The number of methoxy groups -OCH3 is 1. The molecule has 0 saturated heterocycles. The third-order valence-electron chi connectivity index (χ3n) is 5.44. The molecule has 0 aliphatic heterocycles. The fraction of sp³-hybridized carbons (Fsp3) is 0.519. The molecule has 8 nitrogen and oxygen atoms in total. The normalized spacial score (nSPS) is 17.8. The van der Waals surface area contributed by atoms with E-state index < -0.39 is 35.2 Å². The van der Waals surface area contributed by atoms with E-state index in [-0.39, 0.29) is 6.61 Å².